The Morgan fingerprint density at radius 1 is 1.19 bits per heavy atom. The molecule has 1 aliphatic rings. The minimum atomic E-state index is -0.237. The highest BCUT2D eigenvalue weighted by atomic mass is 16.2. The first-order valence-corrected chi connectivity index (χ1v) is 9.77. The number of rotatable bonds is 6. The van der Waals surface area contributed by atoms with Crippen molar-refractivity contribution in [2.75, 3.05) is 23.3 Å². The number of carbonyl (C=O) groups is 1. The number of carbonyl (C=O) groups excluding carboxylic acids is 1. The molecule has 0 spiro atoms. The molecule has 0 aliphatic heterocycles. The van der Waals surface area contributed by atoms with Crippen molar-refractivity contribution in [1.29, 1.82) is 0 Å². The molecular formula is C21H28N4O2. The van der Waals surface area contributed by atoms with Gasteiger partial charge in [-0.3, -0.25) is 9.59 Å². The van der Waals surface area contributed by atoms with Gasteiger partial charge in [0.1, 0.15) is 6.54 Å². The Kier molecular flexibility index (Phi) is 5.94. The summed E-state index contributed by atoms with van der Waals surface area (Å²) in [6, 6.07) is 7.65. The molecule has 0 bridgehead atoms. The molecule has 144 valence electrons. The van der Waals surface area contributed by atoms with Gasteiger partial charge in [-0.05, 0) is 75.8 Å². The van der Waals surface area contributed by atoms with E-state index in [0.717, 1.165) is 67.0 Å². The van der Waals surface area contributed by atoms with E-state index in [2.05, 4.69) is 35.2 Å². The van der Waals surface area contributed by atoms with Crippen LogP contribution in [0.15, 0.2) is 29.1 Å². The van der Waals surface area contributed by atoms with Crippen LogP contribution in [0, 0.1) is 6.92 Å². The number of nitrogens with one attached hydrogen (secondary N) is 1. The number of benzene rings is 1. The zero-order valence-electron chi connectivity index (χ0n) is 16.4. The first-order valence-electron chi connectivity index (χ1n) is 9.77. The molecule has 1 amide bonds. The predicted octanol–water partition coefficient (Wildman–Crippen LogP) is 2.92. The molecule has 1 aromatic heterocycles. The Labute approximate surface area is 160 Å². The highest BCUT2D eigenvalue weighted by Crippen LogP contribution is 2.22. The van der Waals surface area contributed by atoms with Crippen molar-refractivity contribution in [3.63, 3.8) is 0 Å². The molecular weight excluding hydrogens is 340 g/mol. The van der Waals surface area contributed by atoms with Gasteiger partial charge in [0, 0.05) is 30.5 Å². The van der Waals surface area contributed by atoms with E-state index in [9.17, 15) is 9.59 Å². The number of amides is 1. The number of hydrogen-bond acceptors (Lipinski definition) is 4. The van der Waals surface area contributed by atoms with Gasteiger partial charge >= 0.3 is 0 Å². The fourth-order valence-corrected chi connectivity index (χ4v) is 3.61. The quantitative estimate of drug-likeness (QED) is 0.851. The Bertz CT molecular complexity index is 884. The van der Waals surface area contributed by atoms with E-state index in [4.69, 9.17) is 0 Å². The summed E-state index contributed by atoms with van der Waals surface area (Å²) in [5.41, 5.74) is 4.68. The molecule has 6 nitrogen and oxygen atoms in total. The summed E-state index contributed by atoms with van der Waals surface area (Å²) < 4.78 is 1.28. The number of fused-ring (bicyclic) bond motifs is 1. The molecule has 3 rings (SSSR count). The van der Waals surface area contributed by atoms with Crippen molar-refractivity contribution in [2.24, 2.45) is 0 Å². The summed E-state index contributed by atoms with van der Waals surface area (Å²) in [6.07, 6.45) is 3.97. The molecule has 0 unspecified atom stereocenters. The summed E-state index contributed by atoms with van der Waals surface area (Å²) in [7, 11) is 0. The molecule has 1 N–H and O–H groups in total. The van der Waals surface area contributed by atoms with Crippen molar-refractivity contribution in [2.45, 2.75) is 53.0 Å². The van der Waals surface area contributed by atoms with E-state index in [1.807, 2.05) is 19.1 Å². The Hall–Kier alpha value is -2.63. The minimum Gasteiger partial charge on any atom is -0.372 e. The smallest absolute Gasteiger partial charge is 0.267 e. The number of anilines is 2. The minimum absolute atomic E-state index is 0.0661. The summed E-state index contributed by atoms with van der Waals surface area (Å²) in [4.78, 5) is 27.0. The summed E-state index contributed by atoms with van der Waals surface area (Å²) in [5.74, 6) is -0.237. The number of hydrogen-bond donors (Lipinski definition) is 1. The van der Waals surface area contributed by atoms with Crippen molar-refractivity contribution < 1.29 is 4.79 Å². The fraction of sp³-hybridized carbons (Fsp3) is 0.476. The van der Waals surface area contributed by atoms with Crippen molar-refractivity contribution in [3.05, 3.63) is 51.4 Å². The zero-order chi connectivity index (χ0) is 19.4. The van der Waals surface area contributed by atoms with E-state index in [-0.39, 0.29) is 18.0 Å². The fourth-order valence-electron chi connectivity index (χ4n) is 3.61. The van der Waals surface area contributed by atoms with Gasteiger partial charge in [-0.2, -0.15) is 5.10 Å². The second-order valence-electron chi connectivity index (χ2n) is 7.04. The van der Waals surface area contributed by atoms with Crippen LogP contribution in [0.25, 0.3) is 0 Å². The van der Waals surface area contributed by atoms with Crippen LogP contribution in [0.2, 0.25) is 0 Å². The Balaban J connectivity index is 1.72. The molecule has 0 fully saturated rings. The van der Waals surface area contributed by atoms with Crippen molar-refractivity contribution in [3.8, 4) is 0 Å². The van der Waals surface area contributed by atoms with Crippen LogP contribution in [0.1, 0.15) is 43.5 Å². The lowest BCUT2D eigenvalue weighted by Gasteiger charge is -2.22. The topological polar surface area (TPSA) is 67.2 Å². The molecule has 0 radical (unpaired) electrons. The molecule has 2 aromatic rings. The first-order chi connectivity index (χ1) is 13.0. The third-order valence-electron chi connectivity index (χ3n) is 5.18. The van der Waals surface area contributed by atoms with Gasteiger partial charge in [0.2, 0.25) is 5.91 Å². The number of aryl methyl sites for hydroxylation is 3. The second-order valence-corrected chi connectivity index (χ2v) is 7.04. The maximum absolute atomic E-state index is 12.5. The molecule has 0 saturated heterocycles. The first kappa shape index (κ1) is 19.1. The van der Waals surface area contributed by atoms with Crippen LogP contribution < -0.4 is 15.8 Å². The number of aromatic nitrogens is 2. The lowest BCUT2D eigenvalue weighted by atomic mass is 9.97. The SMILES string of the molecule is CCN(CC)c1ccc(NC(=O)Cn2nc3c(cc2=O)CCCC3)c(C)c1. The average Bonchev–Trinajstić information content (AvgIpc) is 2.65. The molecule has 1 aromatic carbocycles. The van der Waals surface area contributed by atoms with Crippen LogP contribution in [0.4, 0.5) is 11.4 Å². The highest BCUT2D eigenvalue weighted by molar-refractivity contribution is 5.91. The normalized spacial score (nSPS) is 13.1. The van der Waals surface area contributed by atoms with E-state index in [1.54, 1.807) is 6.07 Å². The highest BCUT2D eigenvalue weighted by Gasteiger charge is 2.15. The van der Waals surface area contributed by atoms with Gasteiger partial charge < -0.3 is 10.2 Å². The summed E-state index contributed by atoms with van der Waals surface area (Å²) in [5, 5.41) is 7.32. The molecule has 1 aliphatic carbocycles. The molecule has 27 heavy (non-hydrogen) atoms. The van der Waals surface area contributed by atoms with Gasteiger partial charge in [0.05, 0.1) is 5.69 Å². The molecule has 0 atom stereocenters. The predicted molar refractivity (Wildman–Crippen MR) is 109 cm³/mol. The molecule has 1 heterocycles. The lowest BCUT2D eigenvalue weighted by Crippen LogP contribution is -2.31. The van der Waals surface area contributed by atoms with Crippen LogP contribution in [0.5, 0.6) is 0 Å². The third kappa shape index (κ3) is 4.38. The lowest BCUT2D eigenvalue weighted by molar-refractivity contribution is -0.117. The van der Waals surface area contributed by atoms with Crippen molar-refractivity contribution in [1.82, 2.24) is 9.78 Å². The van der Waals surface area contributed by atoms with Crippen molar-refractivity contribution >= 4 is 17.3 Å². The molecule has 6 heteroatoms. The molecule has 0 saturated carbocycles. The van der Waals surface area contributed by atoms with E-state index < -0.39 is 0 Å². The Morgan fingerprint density at radius 2 is 1.93 bits per heavy atom. The van der Waals surface area contributed by atoms with Crippen LogP contribution >= 0.6 is 0 Å². The maximum atomic E-state index is 12.5. The zero-order valence-corrected chi connectivity index (χ0v) is 16.4. The van der Waals surface area contributed by atoms with Crippen LogP contribution in [-0.2, 0) is 24.2 Å². The van der Waals surface area contributed by atoms with Gasteiger partial charge in [-0.25, -0.2) is 4.68 Å². The van der Waals surface area contributed by atoms with Crippen LogP contribution in [0.3, 0.4) is 0 Å². The van der Waals surface area contributed by atoms with Gasteiger partial charge in [0.25, 0.3) is 5.56 Å². The second kappa shape index (κ2) is 8.37. The monoisotopic (exact) mass is 368 g/mol. The summed E-state index contributed by atoms with van der Waals surface area (Å²) >= 11 is 0. The van der Waals surface area contributed by atoms with E-state index >= 15 is 0 Å². The van der Waals surface area contributed by atoms with Gasteiger partial charge in [-0.1, -0.05) is 0 Å². The maximum Gasteiger partial charge on any atom is 0.267 e. The number of nitrogens with zero attached hydrogens (tertiary/aromatic N) is 3. The Morgan fingerprint density at radius 3 is 2.63 bits per heavy atom. The van der Waals surface area contributed by atoms with E-state index in [0.29, 0.717) is 0 Å². The summed E-state index contributed by atoms with van der Waals surface area (Å²) in [6.45, 7) is 8.04. The third-order valence-corrected chi connectivity index (χ3v) is 5.18. The van der Waals surface area contributed by atoms with Crippen LogP contribution in [-0.4, -0.2) is 28.8 Å². The van der Waals surface area contributed by atoms with E-state index in [1.165, 1.54) is 4.68 Å². The average molecular weight is 368 g/mol. The van der Waals surface area contributed by atoms with Gasteiger partial charge in [0.15, 0.2) is 0 Å². The van der Waals surface area contributed by atoms with Gasteiger partial charge in [-0.15, -0.1) is 0 Å². The largest absolute Gasteiger partial charge is 0.372 e. The standard InChI is InChI=1S/C21H28N4O2/c1-4-24(5-2)17-10-11-18(15(3)12-17)22-20(26)14-25-21(27)13-16-8-6-7-9-19(16)23-25/h10-13H,4-9,14H2,1-3H3,(H,22,26).